The van der Waals surface area contributed by atoms with E-state index in [-0.39, 0.29) is 23.1 Å². The van der Waals surface area contributed by atoms with Crippen LogP contribution in [-0.2, 0) is 22.7 Å². The smallest absolute Gasteiger partial charge is 0.333 e. The Morgan fingerprint density at radius 1 is 0.544 bits per heavy atom. The van der Waals surface area contributed by atoms with Gasteiger partial charge in [0.15, 0.2) is 0 Å². The molecule has 8 aromatic carbocycles. The molecule has 0 radical (unpaired) electrons. The maximum Gasteiger partial charge on any atom is 0.333 e. The minimum Gasteiger partial charge on any atom is -0.376 e. The molecule has 0 fully saturated rings. The largest absolute Gasteiger partial charge is 0.376 e. The van der Waals surface area contributed by atoms with E-state index in [2.05, 4.69) is 203 Å². The van der Waals surface area contributed by atoms with E-state index < -0.39 is 0 Å². The number of thiophene rings is 1. The first-order valence-corrected chi connectivity index (χ1v) is 26.1. The molecular weight excluding hydrogens is 840 g/mol. The number of aromatic nitrogens is 1. The van der Waals surface area contributed by atoms with Gasteiger partial charge in [-0.15, -0.1) is 11.3 Å². The molecule has 0 saturated carbocycles. The van der Waals surface area contributed by atoms with E-state index >= 15 is 0 Å². The van der Waals surface area contributed by atoms with Gasteiger partial charge in [-0.25, -0.2) is 0 Å². The molecule has 332 valence electrons. The summed E-state index contributed by atoms with van der Waals surface area (Å²) in [6.45, 7) is 17.1. The van der Waals surface area contributed by atoms with E-state index in [1.54, 1.807) is 0 Å². The fraction of sp³-hybridized carbons (Fsp3) is 0.250. The number of nitrogens with zero attached hydrogens (tertiary/aromatic N) is 2. The molecule has 2 aliphatic heterocycles. The number of benzene rings is 8. The second kappa shape index (κ2) is 14.1. The van der Waals surface area contributed by atoms with E-state index in [0.717, 1.165) is 6.42 Å². The maximum atomic E-state index is 2.76. The highest BCUT2D eigenvalue weighted by Crippen LogP contribution is 2.55. The van der Waals surface area contributed by atoms with Crippen LogP contribution in [0.1, 0.15) is 108 Å². The Hall–Kier alpha value is -6.36. The number of rotatable bonds is 6. The van der Waals surface area contributed by atoms with E-state index in [1.807, 2.05) is 11.3 Å². The van der Waals surface area contributed by atoms with Gasteiger partial charge in [-0.05, 0) is 158 Å². The Kier molecular flexibility index (Phi) is 8.44. The zero-order chi connectivity index (χ0) is 46.0. The van der Waals surface area contributed by atoms with Crippen LogP contribution in [0, 0.1) is 0 Å². The van der Waals surface area contributed by atoms with Gasteiger partial charge in [0.2, 0.25) is 0 Å². The Bertz CT molecular complexity index is 3800. The van der Waals surface area contributed by atoms with Crippen molar-refractivity contribution >= 4 is 82.5 Å². The van der Waals surface area contributed by atoms with Crippen molar-refractivity contribution in [2.45, 2.75) is 103 Å². The molecule has 68 heavy (non-hydrogen) atoms. The molecule has 2 aliphatic carbocycles. The van der Waals surface area contributed by atoms with Crippen LogP contribution in [0.5, 0.6) is 0 Å². The van der Waals surface area contributed by atoms with Crippen LogP contribution in [0.2, 0.25) is 0 Å². The van der Waals surface area contributed by atoms with E-state index in [4.69, 9.17) is 0 Å². The summed E-state index contributed by atoms with van der Waals surface area (Å²) in [5.74, 6) is 0. The third-order valence-corrected chi connectivity index (χ3v) is 18.4. The zero-order valence-corrected chi connectivity index (χ0v) is 41.3. The lowest BCUT2D eigenvalue weighted by Crippen LogP contribution is -2.60. The quantitative estimate of drug-likeness (QED) is 0.119. The molecule has 2 aromatic heterocycles. The fourth-order valence-electron chi connectivity index (χ4n) is 13.5. The van der Waals surface area contributed by atoms with Crippen LogP contribution >= 0.6 is 11.3 Å². The number of para-hydroxylation sites is 1. The van der Waals surface area contributed by atoms with Crippen molar-refractivity contribution in [3.8, 4) is 39.1 Å². The summed E-state index contributed by atoms with van der Waals surface area (Å²) in [7, 11) is 0. The summed E-state index contributed by atoms with van der Waals surface area (Å²) in [4.78, 5) is 2.72. The predicted molar refractivity (Wildman–Crippen MR) is 294 cm³/mol. The molecule has 0 saturated heterocycles. The predicted octanol–water partition coefficient (Wildman–Crippen LogP) is 16.4. The highest BCUT2D eigenvalue weighted by atomic mass is 32.1. The number of hydrogen-bond donors (Lipinski definition) is 0. The van der Waals surface area contributed by atoms with Crippen molar-refractivity contribution in [3.63, 3.8) is 0 Å². The van der Waals surface area contributed by atoms with Gasteiger partial charge < -0.3 is 9.38 Å². The molecule has 0 N–H and O–H groups in total. The molecular formula is C64H57BN2S. The van der Waals surface area contributed by atoms with Crippen LogP contribution in [0.25, 0.3) is 81.0 Å². The summed E-state index contributed by atoms with van der Waals surface area (Å²) in [6, 6.07) is 57.5. The van der Waals surface area contributed by atoms with Gasteiger partial charge in [0, 0.05) is 59.0 Å². The van der Waals surface area contributed by atoms with Gasteiger partial charge in [-0.2, -0.15) is 0 Å². The molecule has 0 amide bonds. The highest BCUT2D eigenvalue weighted by molar-refractivity contribution is 7.25. The van der Waals surface area contributed by atoms with Crippen LogP contribution in [0.3, 0.4) is 0 Å². The highest BCUT2D eigenvalue weighted by Gasteiger charge is 2.47. The van der Waals surface area contributed by atoms with Gasteiger partial charge in [-0.1, -0.05) is 152 Å². The summed E-state index contributed by atoms with van der Waals surface area (Å²) in [6.07, 6.45) is 7.21. The fourth-order valence-corrected chi connectivity index (χ4v) is 14.6. The normalized spacial score (nSPS) is 16.6. The van der Waals surface area contributed by atoms with Crippen LogP contribution in [0.15, 0.2) is 146 Å². The SMILES string of the molecule is CCCCCc1ccc(N2B3c4cc5c(cc4-n4c6cc7c(cc6c6c(-c8ccc9c(c8)sc8ccccc89)cc(c3c64)-c3ccccc32)C(C)(C)CCC7(C)C)-c2ccccc2C5(C)C)cc1. The van der Waals surface area contributed by atoms with Gasteiger partial charge in [-0.3, -0.25) is 0 Å². The van der Waals surface area contributed by atoms with Crippen LogP contribution in [-0.4, -0.2) is 11.4 Å². The Morgan fingerprint density at radius 3 is 2.07 bits per heavy atom. The number of aryl methyl sites for hydroxylation is 1. The van der Waals surface area contributed by atoms with Crippen LogP contribution < -0.4 is 15.7 Å². The van der Waals surface area contributed by atoms with Crippen molar-refractivity contribution in [1.29, 1.82) is 0 Å². The molecule has 0 unspecified atom stereocenters. The van der Waals surface area contributed by atoms with Crippen molar-refractivity contribution in [1.82, 2.24) is 4.57 Å². The molecule has 0 bridgehead atoms. The summed E-state index contributed by atoms with van der Waals surface area (Å²) >= 11 is 1.92. The van der Waals surface area contributed by atoms with Gasteiger partial charge >= 0.3 is 6.85 Å². The molecule has 4 aliphatic rings. The molecule has 0 atom stereocenters. The number of hydrogen-bond acceptors (Lipinski definition) is 2. The lowest BCUT2D eigenvalue weighted by Gasteiger charge is -2.43. The lowest BCUT2D eigenvalue weighted by atomic mass is 9.43. The molecule has 14 rings (SSSR count). The molecule has 4 heterocycles. The van der Waals surface area contributed by atoms with E-state index in [0.29, 0.717) is 0 Å². The first-order valence-electron chi connectivity index (χ1n) is 25.3. The Labute approximate surface area is 405 Å². The number of fused-ring (bicyclic) bond motifs is 15. The van der Waals surface area contributed by atoms with Gasteiger partial charge in [0.05, 0.1) is 11.0 Å². The monoisotopic (exact) mass is 896 g/mol. The van der Waals surface area contributed by atoms with Gasteiger partial charge in [0.1, 0.15) is 0 Å². The van der Waals surface area contributed by atoms with Crippen molar-refractivity contribution in [3.05, 3.63) is 173 Å². The standard InChI is InChI=1S/C64H57BN2S/c1-8-9-10-17-38-24-27-40(28-25-38)67-54-22-15-12-19-42(54)47-33-45(39-26-29-44-43-20-13-16-23-57(43)68-58(44)32-39)59-48-34-51-52(63(4,5)31-30-62(51,2)3)37-55(48)66-56-35-46-41-18-11-14-21-49(41)64(6,7)50(46)36-53(56)65(67)60(47)61(59)66/h11-16,18-29,32-37H,8-10,17,30-31H2,1-7H3. The maximum absolute atomic E-state index is 2.76. The lowest BCUT2D eigenvalue weighted by molar-refractivity contribution is 0.332. The minimum atomic E-state index is -0.139. The van der Waals surface area contributed by atoms with Crippen molar-refractivity contribution in [2.24, 2.45) is 0 Å². The first-order chi connectivity index (χ1) is 32.9. The first kappa shape index (κ1) is 40.7. The summed E-state index contributed by atoms with van der Waals surface area (Å²) in [5, 5.41) is 5.43. The molecule has 2 nitrogen and oxygen atoms in total. The third-order valence-electron chi connectivity index (χ3n) is 17.3. The number of unbranched alkanes of at least 4 members (excludes halogenated alkanes) is 2. The van der Waals surface area contributed by atoms with Crippen LogP contribution in [0.4, 0.5) is 11.4 Å². The average Bonchev–Trinajstić information content (AvgIpc) is 3.97. The van der Waals surface area contributed by atoms with Crippen molar-refractivity contribution < 1.29 is 0 Å². The minimum absolute atomic E-state index is 0.0494. The average molecular weight is 897 g/mol. The third kappa shape index (κ3) is 5.47. The van der Waals surface area contributed by atoms with Crippen molar-refractivity contribution in [2.75, 3.05) is 4.81 Å². The zero-order valence-electron chi connectivity index (χ0n) is 40.5. The summed E-state index contributed by atoms with van der Waals surface area (Å²) < 4.78 is 5.44. The summed E-state index contributed by atoms with van der Waals surface area (Å²) in [5.41, 5.74) is 24.6. The molecule has 10 aromatic rings. The second-order valence-electron chi connectivity index (χ2n) is 22.5. The van der Waals surface area contributed by atoms with Gasteiger partial charge in [0.25, 0.3) is 0 Å². The number of anilines is 2. The molecule has 0 spiro atoms. The molecule has 4 heteroatoms. The van der Waals surface area contributed by atoms with E-state index in [1.165, 1.54) is 163 Å². The Morgan fingerprint density at radius 2 is 1.26 bits per heavy atom. The van der Waals surface area contributed by atoms with E-state index in [9.17, 15) is 0 Å². The Balaban J connectivity index is 1.15. The second-order valence-corrected chi connectivity index (χ2v) is 23.6. The topological polar surface area (TPSA) is 8.17 Å².